The molecule has 0 spiro atoms. The highest BCUT2D eigenvalue weighted by Crippen LogP contribution is 2.30. The van der Waals surface area contributed by atoms with Gasteiger partial charge in [0, 0.05) is 33.4 Å². The maximum atomic E-state index is 5.43. The molecule has 0 radical (unpaired) electrons. The van der Waals surface area contributed by atoms with Crippen molar-refractivity contribution < 1.29 is 4.74 Å². The van der Waals surface area contributed by atoms with Crippen molar-refractivity contribution in [1.82, 2.24) is 9.97 Å². The third-order valence-electron chi connectivity index (χ3n) is 3.60. The molecule has 1 aliphatic rings. The SMILES string of the molecule is CNc1nc(N(C)C2CCOCC2)c2ccsc2n1. The smallest absolute Gasteiger partial charge is 0.225 e. The van der Waals surface area contributed by atoms with E-state index in [1.165, 1.54) is 0 Å². The van der Waals surface area contributed by atoms with Crippen LogP contribution in [0.1, 0.15) is 12.8 Å². The van der Waals surface area contributed by atoms with Crippen molar-refractivity contribution in [3.05, 3.63) is 11.4 Å². The molecule has 102 valence electrons. The van der Waals surface area contributed by atoms with Crippen LogP contribution >= 0.6 is 11.3 Å². The molecular weight excluding hydrogens is 260 g/mol. The molecule has 0 aliphatic carbocycles. The zero-order valence-corrected chi connectivity index (χ0v) is 12.0. The summed E-state index contributed by atoms with van der Waals surface area (Å²) in [4.78, 5) is 12.4. The molecule has 5 nitrogen and oxygen atoms in total. The highest BCUT2D eigenvalue weighted by Gasteiger charge is 2.22. The summed E-state index contributed by atoms with van der Waals surface area (Å²) in [6.45, 7) is 1.68. The van der Waals surface area contributed by atoms with E-state index in [1.54, 1.807) is 11.3 Å². The minimum atomic E-state index is 0.497. The fourth-order valence-electron chi connectivity index (χ4n) is 2.47. The van der Waals surface area contributed by atoms with E-state index < -0.39 is 0 Å². The van der Waals surface area contributed by atoms with Crippen LogP contribution in [0.25, 0.3) is 10.2 Å². The summed E-state index contributed by atoms with van der Waals surface area (Å²) < 4.78 is 5.43. The number of rotatable bonds is 3. The van der Waals surface area contributed by atoms with E-state index in [0.717, 1.165) is 42.1 Å². The Kier molecular flexibility index (Phi) is 3.52. The Hall–Kier alpha value is -1.40. The minimum absolute atomic E-state index is 0.497. The van der Waals surface area contributed by atoms with E-state index in [0.29, 0.717) is 12.0 Å². The number of fused-ring (bicyclic) bond motifs is 1. The fraction of sp³-hybridized carbons (Fsp3) is 0.538. The Morgan fingerprint density at radius 3 is 2.89 bits per heavy atom. The molecule has 1 N–H and O–H groups in total. The first-order valence-corrected chi connectivity index (χ1v) is 7.41. The lowest BCUT2D eigenvalue weighted by molar-refractivity contribution is 0.0854. The second-order valence-corrected chi connectivity index (χ2v) is 5.61. The van der Waals surface area contributed by atoms with Crippen LogP contribution in [-0.4, -0.2) is 43.3 Å². The van der Waals surface area contributed by atoms with E-state index >= 15 is 0 Å². The van der Waals surface area contributed by atoms with Gasteiger partial charge >= 0.3 is 0 Å². The Morgan fingerprint density at radius 2 is 2.16 bits per heavy atom. The van der Waals surface area contributed by atoms with Gasteiger partial charge < -0.3 is 15.0 Å². The van der Waals surface area contributed by atoms with Crippen molar-refractivity contribution in [1.29, 1.82) is 0 Å². The molecule has 0 saturated carbocycles. The van der Waals surface area contributed by atoms with Crippen molar-refractivity contribution >= 4 is 33.3 Å². The monoisotopic (exact) mass is 278 g/mol. The second kappa shape index (κ2) is 5.30. The molecule has 19 heavy (non-hydrogen) atoms. The zero-order chi connectivity index (χ0) is 13.2. The van der Waals surface area contributed by atoms with Crippen molar-refractivity contribution in [3.8, 4) is 0 Å². The summed E-state index contributed by atoms with van der Waals surface area (Å²) in [6, 6.07) is 2.60. The summed E-state index contributed by atoms with van der Waals surface area (Å²) >= 11 is 1.65. The normalized spacial score (nSPS) is 16.7. The number of anilines is 2. The van der Waals surface area contributed by atoms with Crippen LogP contribution in [0.5, 0.6) is 0 Å². The number of thiophene rings is 1. The van der Waals surface area contributed by atoms with Crippen LogP contribution in [0.3, 0.4) is 0 Å². The minimum Gasteiger partial charge on any atom is -0.381 e. The lowest BCUT2D eigenvalue weighted by Crippen LogP contribution is -2.37. The molecular formula is C13H18N4OS. The maximum Gasteiger partial charge on any atom is 0.225 e. The lowest BCUT2D eigenvalue weighted by Gasteiger charge is -2.32. The van der Waals surface area contributed by atoms with Gasteiger partial charge in [-0.1, -0.05) is 0 Å². The summed E-state index contributed by atoms with van der Waals surface area (Å²) in [5.41, 5.74) is 0. The molecule has 0 atom stereocenters. The largest absolute Gasteiger partial charge is 0.381 e. The molecule has 1 saturated heterocycles. The first-order valence-electron chi connectivity index (χ1n) is 6.53. The molecule has 2 aromatic rings. The number of hydrogen-bond donors (Lipinski definition) is 1. The van der Waals surface area contributed by atoms with Crippen molar-refractivity contribution in [2.75, 3.05) is 37.5 Å². The molecule has 0 unspecified atom stereocenters. The predicted octanol–water partition coefficient (Wildman–Crippen LogP) is 2.35. The third-order valence-corrected chi connectivity index (χ3v) is 4.41. The van der Waals surface area contributed by atoms with Gasteiger partial charge in [0.05, 0.1) is 5.39 Å². The van der Waals surface area contributed by atoms with Gasteiger partial charge in [-0.15, -0.1) is 11.3 Å². The first-order chi connectivity index (χ1) is 9.29. The third kappa shape index (κ3) is 2.37. The summed E-state index contributed by atoms with van der Waals surface area (Å²) in [5.74, 6) is 1.70. The molecule has 0 bridgehead atoms. The van der Waals surface area contributed by atoms with Crippen LogP contribution in [0.2, 0.25) is 0 Å². The van der Waals surface area contributed by atoms with Crippen molar-refractivity contribution in [2.45, 2.75) is 18.9 Å². The van der Waals surface area contributed by atoms with Gasteiger partial charge in [-0.3, -0.25) is 0 Å². The van der Waals surface area contributed by atoms with Gasteiger partial charge in [0.15, 0.2) is 0 Å². The number of nitrogens with zero attached hydrogens (tertiary/aromatic N) is 3. The molecule has 1 fully saturated rings. The second-order valence-electron chi connectivity index (χ2n) is 4.71. The zero-order valence-electron chi connectivity index (χ0n) is 11.2. The van der Waals surface area contributed by atoms with Gasteiger partial charge in [-0.2, -0.15) is 4.98 Å². The van der Waals surface area contributed by atoms with Crippen LogP contribution in [0, 0.1) is 0 Å². The number of aromatic nitrogens is 2. The van der Waals surface area contributed by atoms with Crippen LogP contribution in [0.4, 0.5) is 11.8 Å². The average Bonchev–Trinajstić information content (AvgIpc) is 2.94. The molecule has 3 rings (SSSR count). The first kappa shape index (κ1) is 12.6. The Bertz CT molecular complexity index is 565. The summed E-state index contributed by atoms with van der Waals surface area (Å²) in [6.07, 6.45) is 2.11. The molecule has 2 aromatic heterocycles. The molecule has 3 heterocycles. The van der Waals surface area contributed by atoms with E-state index in [9.17, 15) is 0 Å². The van der Waals surface area contributed by atoms with Gasteiger partial charge in [0.1, 0.15) is 10.6 Å². The molecule has 6 heteroatoms. The number of nitrogens with one attached hydrogen (secondary N) is 1. The van der Waals surface area contributed by atoms with Gasteiger partial charge in [0.25, 0.3) is 0 Å². The van der Waals surface area contributed by atoms with E-state index in [-0.39, 0.29) is 0 Å². The van der Waals surface area contributed by atoms with Gasteiger partial charge in [-0.25, -0.2) is 4.98 Å². The molecule has 0 aromatic carbocycles. The topological polar surface area (TPSA) is 50.3 Å². The summed E-state index contributed by atoms with van der Waals surface area (Å²) in [5, 5.41) is 6.25. The van der Waals surface area contributed by atoms with Gasteiger partial charge in [-0.05, 0) is 24.3 Å². The lowest BCUT2D eigenvalue weighted by atomic mass is 10.1. The van der Waals surface area contributed by atoms with E-state index in [2.05, 4.69) is 38.7 Å². The highest BCUT2D eigenvalue weighted by atomic mass is 32.1. The predicted molar refractivity (Wildman–Crippen MR) is 79.2 cm³/mol. The van der Waals surface area contributed by atoms with E-state index in [1.807, 2.05) is 7.05 Å². The fourth-order valence-corrected chi connectivity index (χ4v) is 3.22. The quantitative estimate of drug-likeness (QED) is 0.934. The maximum absolute atomic E-state index is 5.43. The van der Waals surface area contributed by atoms with Crippen LogP contribution in [0.15, 0.2) is 11.4 Å². The summed E-state index contributed by atoms with van der Waals surface area (Å²) in [7, 11) is 3.97. The Labute approximate surface area is 116 Å². The van der Waals surface area contributed by atoms with Crippen LogP contribution in [-0.2, 0) is 4.74 Å². The Balaban J connectivity index is 1.99. The molecule has 1 aliphatic heterocycles. The van der Waals surface area contributed by atoms with Crippen LogP contribution < -0.4 is 10.2 Å². The number of ether oxygens (including phenoxy) is 1. The standard InChI is InChI=1S/C13H18N4OS/c1-14-13-15-11(10-5-8-19-12(10)16-13)17(2)9-3-6-18-7-4-9/h5,8-9H,3-4,6-7H2,1-2H3,(H,14,15,16). The average molecular weight is 278 g/mol. The highest BCUT2D eigenvalue weighted by molar-refractivity contribution is 7.16. The van der Waals surface area contributed by atoms with Gasteiger partial charge in [0.2, 0.25) is 5.95 Å². The molecule has 0 amide bonds. The van der Waals surface area contributed by atoms with Crippen molar-refractivity contribution in [2.24, 2.45) is 0 Å². The Morgan fingerprint density at radius 1 is 1.37 bits per heavy atom. The van der Waals surface area contributed by atoms with E-state index in [4.69, 9.17) is 4.74 Å². The number of hydrogen-bond acceptors (Lipinski definition) is 6. The van der Waals surface area contributed by atoms with Crippen molar-refractivity contribution in [3.63, 3.8) is 0 Å².